The number of para-hydroxylation sites is 1. The molecule has 0 fully saturated rings. The van der Waals surface area contributed by atoms with Gasteiger partial charge in [0.05, 0.1) is 6.54 Å². The third-order valence-corrected chi connectivity index (χ3v) is 3.83. The summed E-state index contributed by atoms with van der Waals surface area (Å²) < 4.78 is 1.73. The fraction of sp³-hybridized carbons (Fsp3) is 0.118. The second kappa shape index (κ2) is 7.42. The van der Waals surface area contributed by atoms with Gasteiger partial charge in [0.1, 0.15) is 6.33 Å². The Morgan fingerprint density at radius 3 is 2.79 bits per heavy atom. The number of halogens is 1. The Kier molecular flexibility index (Phi) is 5.08. The van der Waals surface area contributed by atoms with Gasteiger partial charge >= 0.3 is 0 Å². The summed E-state index contributed by atoms with van der Waals surface area (Å²) in [5.74, 6) is 0.447. The third-order valence-electron chi connectivity index (χ3n) is 3.39. The van der Waals surface area contributed by atoms with Gasteiger partial charge in [0.2, 0.25) is 5.95 Å². The highest BCUT2D eigenvalue weighted by Gasteiger charge is 2.05. The van der Waals surface area contributed by atoms with Crippen LogP contribution in [0.2, 0.25) is 5.02 Å². The number of nitrogens with zero attached hydrogens (tertiary/aromatic N) is 3. The number of aromatic nitrogens is 3. The van der Waals surface area contributed by atoms with E-state index in [1.165, 1.54) is 0 Å². The van der Waals surface area contributed by atoms with Gasteiger partial charge in [-0.1, -0.05) is 41.9 Å². The summed E-state index contributed by atoms with van der Waals surface area (Å²) in [6.07, 6.45) is 1.65. The summed E-state index contributed by atoms with van der Waals surface area (Å²) in [4.78, 5) is 4.22. The Hall–Kier alpha value is -2.44. The maximum absolute atomic E-state index is 5.99. The Morgan fingerprint density at radius 2 is 2.00 bits per heavy atom. The highest BCUT2D eigenvalue weighted by Crippen LogP contribution is 2.14. The molecule has 3 aromatic rings. The van der Waals surface area contributed by atoms with Gasteiger partial charge in [-0.15, -0.1) is 5.10 Å². The summed E-state index contributed by atoms with van der Waals surface area (Å²) in [6, 6.07) is 15.6. The first-order valence-corrected chi connectivity index (χ1v) is 8.16. The first-order valence-electron chi connectivity index (χ1n) is 7.38. The molecule has 2 aromatic carbocycles. The zero-order valence-electron chi connectivity index (χ0n) is 13.0. The number of hydrogen-bond donors (Lipinski definition) is 2. The smallest absolute Gasteiger partial charge is 0.248 e. The number of rotatable bonds is 4. The van der Waals surface area contributed by atoms with Crippen molar-refractivity contribution in [1.29, 1.82) is 0 Å². The van der Waals surface area contributed by atoms with E-state index in [1.54, 1.807) is 11.0 Å². The maximum atomic E-state index is 5.99. The van der Waals surface area contributed by atoms with Crippen molar-refractivity contribution >= 4 is 40.6 Å². The SMILES string of the molecule is Cc1ccccc1NC(=S)Nc1ncn(Cc2cccc(Cl)c2)n1. The van der Waals surface area contributed by atoms with E-state index in [0.29, 0.717) is 22.6 Å². The average Bonchev–Trinajstić information content (AvgIpc) is 2.96. The Labute approximate surface area is 150 Å². The summed E-state index contributed by atoms with van der Waals surface area (Å²) in [5.41, 5.74) is 3.12. The monoisotopic (exact) mass is 357 g/mol. The third kappa shape index (κ3) is 4.31. The van der Waals surface area contributed by atoms with E-state index in [-0.39, 0.29) is 0 Å². The molecule has 0 bridgehead atoms. The highest BCUT2D eigenvalue weighted by atomic mass is 35.5. The van der Waals surface area contributed by atoms with Crippen LogP contribution in [0.4, 0.5) is 11.6 Å². The largest absolute Gasteiger partial charge is 0.332 e. The molecule has 3 rings (SSSR count). The van der Waals surface area contributed by atoms with Crippen LogP contribution in [0, 0.1) is 6.92 Å². The molecule has 0 amide bonds. The second-order valence-corrected chi connectivity index (χ2v) is 6.13. The van der Waals surface area contributed by atoms with Crippen molar-refractivity contribution in [2.45, 2.75) is 13.5 Å². The van der Waals surface area contributed by atoms with Crippen LogP contribution in [0.15, 0.2) is 54.9 Å². The molecule has 0 saturated heterocycles. The van der Waals surface area contributed by atoms with Crippen LogP contribution in [0.25, 0.3) is 0 Å². The number of hydrogen-bond acceptors (Lipinski definition) is 3. The number of benzene rings is 2. The van der Waals surface area contributed by atoms with Crippen LogP contribution in [0.5, 0.6) is 0 Å². The highest BCUT2D eigenvalue weighted by molar-refractivity contribution is 7.80. The number of nitrogens with one attached hydrogen (secondary N) is 2. The van der Waals surface area contributed by atoms with Gasteiger partial charge in [0, 0.05) is 10.7 Å². The second-order valence-electron chi connectivity index (χ2n) is 5.29. The minimum atomic E-state index is 0.447. The van der Waals surface area contributed by atoms with Crippen LogP contribution in [-0.2, 0) is 6.54 Å². The molecule has 0 radical (unpaired) electrons. The van der Waals surface area contributed by atoms with Crippen molar-refractivity contribution in [1.82, 2.24) is 14.8 Å². The lowest BCUT2D eigenvalue weighted by atomic mass is 10.2. The Bertz CT molecular complexity index is 861. The molecule has 122 valence electrons. The van der Waals surface area contributed by atoms with E-state index in [4.69, 9.17) is 23.8 Å². The molecule has 1 heterocycles. The molecule has 2 N–H and O–H groups in total. The fourth-order valence-corrected chi connectivity index (χ4v) is 2.63. The van der Waals surface area contributed by atoms with Gasteiger partial charge in [-0.2, -0.15) is 0 Å². The minimum Gasteiger partial charge on any atom is -0.332 e. The molecular formula is C17H16ClN5S. The maximum Gasteiger partial charge on any atom is 0.248 e. The lowest BCUT2D eigenvalue weighted by Crippen LogP contribution is -2.20. The Morgan fingerprint density at radius 1 is 1.17 bits per heavy atom. The van der Waals surface area contributed by atoms with E-state index in [9.17, 15) is 0 Å². The Balaban J connectivity index is 1.61. The molecule has 5 nitrogen and oxygen atoms in total. The van der Waals surface area contributed by atoms with E-state index < -0.39 is 0 Å². The van der Waals surface area contributed by atoms with E-state index in [2.05, 4.69) is 20.7 Å². The van der Waals surface area contributed by atoms with Crippen molar-refractivity contribution < 1.29 is 0 Å². The zero-order valence-corrected chi connectivity index (χ0v) is 14.6. The van der Waals surface area contributed by atoms with Crippen LogP contribution in [0.3, 0.4) is 0 Å². The van der Waals surface area contributed by atoms with Crippen molar-refractivity contribution in [3.63, 3.8) is 0 Å². The molecule has 24 heavy (non-hydrogen) atoms. The van der Waals surface area contributed by atoms with Crippen LogP contribution in [0.1, 0.15) is 11.1 Å². The molecule has 7 heteroatoms. The van der Waals surface area contributed by atoms with Crippen molar-refractivity contribution in [2.75, 3.05) is 10.6 Å². The fourth-order valence-electron chi connectivity index (χ4n) is 2.22. The van der Waals surface area contributed by atoms with Crippen LogP contribution in [-0.4, -0.2) is 19.9 Å². The van der Waals surface area contributed by atoms with Crippen LogP contribution < -0.4 is 10.6 Å². The van der Waals surface area contributed by atoms with E-state index in [1.807, 2.05) is 55.5 Å². The quantitative estimate of drug-likeness (QED) is 0.688. The summed E-state index contributed by atoms with van der Waals surface area (Å²) in [5, 5.41) is 11.6. The number of aryl methyl sites for hydroxylation is 1. The van der Waals surface area contributed by atoms with Crippen molar-refractivity contribution in [3.05, 3.63) is 71.0 Å². The topological polar surface area (TPSA) is 54.8 Å². The van der Waals surface area contributed by atoms with Gasteiger partial charge in [-0.3, -0.25) is 5.32 Å². The van der Waals surface area contributed by atoms with Gasteiger partial charge in [0.15, 0.2) is 5.11 Å². The van der Waals surface area contributed by atoms with Crippen molar-refractivity contribution in [3.8, 4) is 0 Å². The average molecular weight is 358 g/mol. The standard InChI is InChI=1S/C17H16ClN5S/c1-12-5-2-3-8-15(12)20-17(24)21-16-19-11-23(22-16)10-13-6-4-7-14(18)9-13/h2-9,11H,10H2,1H3,(H2,20,21,22,24). The van der Waals surface area contributed by atoms with Crippen LogP contribution >= 0.6 is 23.8 Å². The summed E-state index contributed by atoms with van der Waals surface area (Å²) in [6.45, 7) is 2.61. The van der Waals surface area contributed by atoms with E-state index >= 15 is 0 Å². The first-order chi connectivity index (χ1) is 11.6. The van der Waals surface area contributed by atoms with E-state index in [0.717, 1.165) is 16.8 Å². The number of thiocarbonyl (C=S) groups is 1. The molecule has 0 aliphatic heterocycles. The van der Waals surface area contributed by atoms with Crippen molar-refractivity contribution in [2.24, 2.45) is 0 Å². The van der Waals surface area contributed by atoms with Gasteiger partial charge in [0.25, 0.3) is 0 Å². The normalized spacial score (nSPS) is 10.4. The molecule has 0 aliphatic carbocycles. The minimum absolute atomic E-state index is 0.447. The first kappa shape index (κ1) is 16.4. The molecule has 0 atom stereocenters. The molecular weight excluding hydrogens is 342 g/mol. The summed E-state index contributed by atoms with van der Waals surface area (Å²) in [7, 11) is 0. The predicted octanol–water partition coefficient (Wildman–Crippen LogP) is 4.10. The van der Waals surface area contributed by atoms with Gasteiger partial charge < -0.3 is 5.32 Å². The molecule has 0 spiro atoms. The molecule has 0 saturated carbocycles. The van der Waals surface area contributed by atoms with Gasteiger partial charge in [-0.25, -0.2) is 9.67 Å². The predicted molar refractivity (Wildman–Crippen MR) is 102 cm³/mol. The zero-order chi connectivity index (χ0) is 16.9. The molecule has 0 aliphatic rings. The molecule has 0 unspecified atom stereocenters. The van der Waals surface area contributed by atoms with Gasteiger partial charge in [-0.05, 0) is 48.5 Å². The number of anilines is 2. The molecule has 1 aromatic heterocycles. The lowest BCUT2D eigenvalue weighted by molar-refractivity contribution is 0.687. The summed E-state index contributed by atoms with van der Waals surface area (Å²) >= 11 is 11.3. The lowest BCUT2D eigenvalue weighted by Gasteiger charge is -2.10.